The Morgan fingerprint density at radius 2 is 2.10 bits per heavy atom. The number of para-hydroxylation sites is 1. The summed E-state index contributed by atoms with van der Waals surface area (Å²) in [5, 5.41) is 7.10. The van der Waals surface area contributed by atoms with Gasteiger partial charge < -0.3 is 14.6 Å². The van der Waals surface area contributed by atoms with Gasteiger partial charge in [0.15, 0.2) is 0 Å². The molecular weight excluding hydrogens is 398 g/mol. The van der Waals surface area contributed by atoms with Gasteiger partial charge in [-0.3, -0.25) is 14.5 Å². The normalized spacial score (nSPS) is 16.5. The molecule has 4 rings (SSSR count). The lowest BCUT2D eigenvalue weighted by Crippen LogP contribution is -2.39. The highest BCUT2D eigenvalue weighted by Gasteiger charge is 2.29. The number of rotatable bonds is 7. The molecule has 0 aliphatic carbocycles. The van der Waals surface area contributed by atoms with Crippen molar-refractivity contribution in [3.63, 3.8) is 0 Å². The fraction of sp³-hybridized carbons (Fsp3) is 0.304. The van der Waals surface area contributed by atoms with Crippen molar-refractivity contribution in [3.8, 4) is 0 Å². The maximum atomic E-state index is 13.1. The average molecular weight is 424 g/mol. The van der Waals surface area contributed by atoms with Crippen LogP contribution in [0.25, 0.3) is 0 Å². The zero-order chi connectivity index (χ0) is 20.9. The Morgan fingerprint density at radius 1 is 1.23 bits per heavy atom. The lowest BCUT2D eigenvalue weighted by Gasteiger charge is -2.27. The summed E-state index contributed by atoms with van der Waals surface area (Å²) in [6.45, 7) is 1.54. The summed E-state index contributed by atoms with van der Waals surface area (Å²) in [7, 11) is 1.73. The van der Waals surface area contributed by atoms with Gasteiger partial charge in [0.1, 0.15) is 5.76 Å². The first-order valence-electron chi connectivity index (χ1n) is 10.1. The molecule has 0 radical (unpaired) electrons. The number of amides is 2. The SMILES string of the molecule is CN(C(=O)CN1CCCC1c1ccsc1)c1ccccc1C(=O)NCc1ccco1. The second-order valence-corrected chi connectivity index (χ2v) is 8.20. The maximum Gasteiger partial charge on any atom is 0.253 e. The fourth-order valence-electron chi connectivity index (χ4n) is 3.91. The molecule has 1 atom stereocenters. The molecule has 1 saturated heterocycles. The first kappa shape index (κ1) is 20.4. The summed E-state index contributed by atoms with van der Waals surface area (Å²) < 4.78 is 5.27. The van der Waals surface area contributed by atoms with Gasteiger partial charge in [0.2, 0.25) is 5.91 Å². The number of carbonyl (C=O) groups excluding carboxylic acids is 2. The van der Waals surface area contributed by atoms with Crippen LogP contribution >= 0.6 is 11.3 Å². The highest BCUT2D eigenvalue weighted by molar-refractivity contribution is 7.08. The molecule has 2 amide bonds. The second kappa shape index (κ2) is 9.28. The average Bonchev–Trinajstić information content (AvgIpc) is 3.54. The van der Waals surface area contributed by atoms with Crippen molar-refractivity contribution >= 4 is 28.8 Å². The molecule has 1 N–H and O–H groups in total. The fourth-order valence-corrected chi connectivity index (χ4v) is 4.61. The van der Waals surface area contributed by atoms with E-state index in [2.05, 4.69) is 27.0 Å². The zero-order valence-corrected chi connectivity index (χ0v) is 17.7. The van der Waals surface area contributed by atoms with E-state index in [0.29, 0.717) is 36.1 Å². The van der Waals surface area contributed by atoms with Gasteiger partial charge in [-0.2, -0.15) is 11.3 Å². The van der Waals surface area contributed by atoms with Crippen molar-refractivity contribution < 1.29 is 14.0 Å². The number of likely N-dealkylation sites (N-methyl/N-ethyl adjacent to an activating group) is 1. The third kappa shape index (κ3) is 4.47. The van der Waals surface area contributed by atoms with Crippen LogP contribution in [-0.2, 0) is 11.3 Å². The van der Waals surface area contributed by atoms with Crippen molar-refractivity contribution in [2.24, 2.45) is 0 Å². The molecule has 2 aromatic heterocycles. The number of hydrogen-bond donors (Lipinski definition) is 1. The van der Waals surface area contributed by atoms with Crippen molar-refractivity contribution in [1.29, 1.82) is 0 Å². The van der Waals surface area contributed by atoms with Gasteiger partial charge in [-0.15, -0.1) is 0 Å². The van der Waals surface area contributed by atoms with E-state index in [1.165, 1.54) is 5.56 Å². The van der Waals surface area contributed by atoms with Crippen LogP contribution in [0.4, 0.5) is 5.69 Å². The molecule has 30 heavy (non-hydrogen) atoms. The molecule has 1 aromatic carbocycles. The van der Waals surface area contributed by atoms with Crippen LogP contribution < -0.4 is 10.2 Å². The predicted octanol–water partition coefficient (Wildman–Crippen LogP) is 4.07. The zero-order valence-electron chi connectivity index (χ0n) is 16.9. The van der Waals surface area contributed by atoms with E-state index in [-0.39, 0.29) is 11.8 Å². The highest BCUT2D eigenvalue weighted by atomic mass is 32.1. The molecule has 7 heteroatoms. The number of furan rings is 1. The van der Waals surface area contributed by atoms with Crippen molar-refractivity contribution in [3.05, 3.63) is 76.4 Å². The van der Waals surface area contributed by atoms with Crippen LogP contribution in [-0.4, -0.2) is 36.9 Å². The van der Waals surface area contributed by atoms with Crippen molar-refractivity contribution in [2.75, 3.05) is 25.0 Å². The highest BCUT2D eigenvalue weighted by Crippen LogP contribution is 2.33. The number of anilines is 1. The van der Waals surface area contributed by atoms with Gasteiger partial charge in [-0.25, -0.2) is 0 Å². The van der Waals surface area contributed by atoms with Crippen LogP contribution in [0.1, 0.15) is 40.6 Å². The molecule has 1 fully saturated rings. The Balaban J connectivity index is 1.44. The Labute approximate surface area is 180 Å². The Hall–Kier alpha value is -2.90. The van der Waals surface area contributed by atoms with E-state index in [0.717, 1.165) is 19.4 Å². The van der Waals surface area contributed by atoms with Crippen LogP contribution in [0.15, 0.2) is 63.9 Å². The lowest BCUT2D eigenvalue weighted by atomic mass is 10.1. The van der Waals surface area contributed by atoms with Gasteiger partial charge in [-0.1, -0.05) is 12.1 Å². The van der Waals surface area contributed by atoms with Gasteiger partial charge in [-0.05, 0) is 66.0 Å². The molecule has 3 aromatic rings. The van der Waals surface area contributed by atoms with Crippen molar-refractivity contribution in [2.45, 2.75) is 25.4 Å². The van der Waals surface area contributed by atoms with E-state index in [4.69, 9.17) is 4.42 Å². The van der Waals surface area contributed by atoms with Crippen LogP contribution in [0.5, 0.6) is 0 Å². The number of benzene rings is 1. The molecule has 0 saturated carbocycles. The van der Waals surface area contributed by atoms with E-state index in [9.17, 15) is 9.59 Å². The Morgan fingerprint density at radius 3 is 2.87 bits per heavy atom. The van der Waals surface area contributed by atoms with Crippen molar-refractivity contribution in [1.82, 2.24) is 10.2 Å². The summed E-state index contributed by atoms with van der Waals surface area (Å²) in [6.07, 6.45) is 3.73. The van der Waals surface area contributed by atoms with E-state index < -0.39 is 0 Å². The Bertz CT molecular complexity index is 985. The number of nitrogens with one attached hydrogen (secondary N) is 1. The smallest absolute Gasteiger partial charge is 0.253 e. The molecular formula is C23H25N3O3S. The minimum absolute atomic E-state index is 0.0246. The summed E-state index contributed by atoms with van der Waals surface area (Å²) in [5.41, 5.74) is 2.35. The molecule has 0 bridgehead atoms. The first-order chi connectivity index (χ1) is 14.6. The molecule has 0 spiro atoms. The van der Waals surface area contributed by atoms with Gasteiger partial charge in [0.25, 0.3) is 5.91 Å². The van der Waals surface area contributed by atoms with E-state index in [1.54, 1.807) is 53.8 Å². The summed E-state index contributed by atoms with van der Waals surface area (Å²) in [6, 6.07) is 13.2. The quantitative estimate of drug-likeness (QED) is 0.622. The van der Waals surface area contributed by atoms with Crippen LogP contribution in [0.2, 0.25) is 0 Å². The number of thiophene rings is 1. The standard InChI is InChI=1S/C23H25N3O3S/c1-25(22(27)15-26-11-4-9-20(26)17-10-13-30-16-17)21-8-3-2-7-19(21)23(28)24-14-18-6-5-12-29-18/h2-3,5-8,10,12-13,16,20H,4,9,11,14-15H2,1H3,(H,24,28). The second-order valence-electron chi connectivity index (χ2n) is 7.42. The molecule has 6 nitrogen and oxygen atoms in total. The van der Waals surface area contributed by atoms with Gasteiger partial charge in [0.05, 0.1) is 30.6 Å². The third-order valence-electron chi connectivity index (χ3n) is 5.52. The topological polar surface area (TPSA) is 65.8 Å². The van der Waals surface area contributed by atoms with Crippen LogP contribution in [0.3, 0.4) is 0 Å². The minimum Gasteiger partial charge on any atom is -0.467 e. The molecule has 1 unspecified atom stereocenters. The minimum atomic E-state index is -0.237. The maximum absolute atomic E-state index is 13.1. The molecule has 156 valence electrons. The van der Waals surface area contributed by atoms with Gasteiger partial charge >= 0.3 is 0 Å². The van der Waals surface area contributed by atoms with Gasteiger partial charge in [0, 0.05) is 13.1 Å². The molecule has 1 aliphatic rings. The summed E-state index contributed by atoms with van der Waals surface area (Å²) in [4.78, 5) is 29.6. The largest absolute Gasteiger partial charge is 0.467 e. The number of hydrogen-bond acceptors (Lipinski definition) is 5. The number of carbonyl (C=O) groups is 2. The first-order valence-corrected chi connectivity index (χ1v) is 11.0. The van der Waals surface area contributed by atoms with E-state index >= 15 is 0 Å². The monoisotopic (exact) mass is 423 g/mol. The predicted molar refractivity (Wildman–Crippen MR) is 118 cm³/mol. The lowest BCUT2D eigenvalue weighted by molar-refractivity contribution is -0.119. The summed E-state index contributed by atoms with van der Waals surface area (Å²) in [5.74, 6) is 0.418. The Kier molecular flexibility index (Phi) is 6.30. The molecule has 3 heterocycles. The third-order valence-corrected chi connectivity index (χ3v) is 6.22. The number of nitrogens with zero attached hydrogens (tertiary/aromatic N) is 2. The summed E-state index contributed by atoms with van der Waals surface area (Å²) >= 11 is 1.69. The van der Waals surface area contributed by atoms with Crippen LogP contribution in [0, 0.1) is 0 Å². The molecule has 1 aliphatic heterocycles. The number of likely N-dealkylation sites (tertiary alicyclic amines) is 1. The van der Waals surface area contributed by atoms with E-state index in [1.807, 2.05) is 12.1 Å².